The summed E-state index contributed by atoms with van der Waals surface area (Å²) in [4.78, 5) is 11.2. The van der Waals surface area contributed by atoms with Gasteiger partial charge >= 0.3 is 6.18 Å². The summed E-state index contributed by atoms with van der Waals surface area (Å²) in [6, 6.07) is 1.38. The van der Waals surface area contributed by atoms with Gasteiger partial charge in [-0.1, -0.05) is 0 Å². The van der Waals surface area contributed by atoms with Crippen molar-refractivity contribution in [2.45, 2.75) is 25.9 Å². The molecule has 78 valence electrons. The second-order valence-corrected chi connectivity index (χ2v) is 2.93. The van der Waals surface area contributed by atoms with Crippen LogP contribution in [0.3, 0.4) is 0 Å². The number of Topliss-reactive ketones (excluding diaryl/α,β-unsaturated/α-hetero) is 1. The third-order valence-corrected chi connectivity index (χ3v) is 1.79. The third kappa shape index (κ3) is 2.90. The van der Waals surface area contributed by atoms with Gasteiger partial charge in [0.05, 0.1) is 18.2 Å². The molecule has 2 nitrogen and oxygen atoms in total. The molecule has 0 aliphatic rings. The van der Waals surface area contributed by atoms with Crippen molar-refractivity contribution < 1.29 is 22.4 Å². The van der Waals surface area contributed by atoms with Crippen molar-refractivity contribution in [3.63, 3.8) is 0 Å². The highest BCUT2D eigenvalue weighted by Gasteiger charge is 2.28. The maximum Gasteiger partial charge on any atom is 0.389 e. The molecule has 1 heterocycles. The Morgan fingerprint density at radius 2 is 2.14 bits per heavy atom. The largest absolute Gasteiger partial charge is 0.469 e. The highest BCUT2D eigenvalue weighted by atomic mass is 19.4. The smallest absolute Gasteiger partial charge is 0.389 e. The minimum atomic E-state index is -4.28. The van der Waals surface area contributed by atoms with Gasteiger partial charge in [-0.25, -0.2) is 0 Å². The number of carbonyl (C=O) groups is 1. The molecule has 0 saturated heterocycles. The predicted molar refractivity (Wildman–Crippen MR) is 43.1 cm³/mol. The van der Waals surface area contributed by atoms with Gasteiger partial charge in [0, 0.05) is 6.42 Å². The Labute approximate surface area is 78.7 Å². The van der Waals surface area contributed by atoms with Crippen LogP contribution in [0.15, 0.2) is 16.7 Å². The van der Waals surface area contributed by atoms with Crippen LogP contribution < -0.4 is 0 Å². The first kappa shape index (κ1) is 10.8. The molecule has 0 amide bonds. The van der Waals surface area contributed by atoms with Gasteiger partial charge in [0.25, 0.3) is 0 Å². The number of rotatable bonds is 3. The Kier molecular flexibility index (Phi) is 2.98. The van der Waals surface area contributed by atoms with Crippen LogP contribution in [-0.2, 0) is 0 Å². The van der Waals surface area contributed by atoms with Crippen LogP contribution in [0.25, 0.3) is 0 Å². The molecular formula is C9H9F3O2. The summed E-state index contributed by atoms with van der Waals surface area (Å²) in [5.74, 6) is -0.175. The standard InChI is InChI=1S/C9H9F3O2/c1-6-7(3-5-14-6)8(13)2-4-9(10,11)12/h3,5H,2,4H2,1H3. The molecule has 0 fully saturated rings. The average Bonchev–Trinajstić information content (AvgIpc) is 2.46. The van der Waals surface area contributed by atoms with Gasteiger partial charge in [-0.15, -0.1) is 0 Å². The second-order valence-electron chi connectivity index (χ2n) is 2.93. The Balaban J connectivity index is 2.56. The fraction of sp³-hybridized carbons (Fsp3) is 0.444. The second kappa shape index (κ2) is 3.86. The zero-order valence-electron chi connectivity index (χ0n) is 7.52. The molecule has 0 atom stereocenters. The Morgan fingerprint density at radius 1 is 1.50 bits per heavy atom. The SMILES string of the molecule is Cc1occc1C(=O)CCC(F)(F)F. The van der Waals surface area contributed by atoms with E-state index in [1.807, 2.05) is 0 Å². The number of aryl methyl sites for hydroxylation is 1. The molecule has 0 unspecified atom stereocenters. The summed E-state index contributed by atoms with van der Waals surface area (Å²) in [5.41, 5.74) is 0.231. The van der Waals surface area contributed by atoms with Crippen LogP contribution >= 0.6 is 0 Å². The van der Waals surface area contributed by atoms with Crippen molar-refractivity contribution in [3.8, 4) is 0 Å². The summed E-state index contributed by atoms with van der Waals surface area (Å²) in [7, 11) is 0. The predicted octanol–water partition coefficient (Wildman–Crippen LogP) is 3.11. The Morgan fingerprint density at radius 3 is 2.57 bits per heavy atom. The lowest BCUT2D eigenvalue weighted by atomic mass is 10.1. The Hall–Kier alpha value is -1.26. The monoisotopic (exact) mass is 206 g/mol. The van der Waals surface area contributed by atoms with Crippen molar-refractivity contribution >= 4 is 5.78 Å². The van der Waals surface area contributed by atoms with E-state index in [1.165, 1.54) is 12.3 Å². The zero-order valence-corrected chi connectivity index (χ0v) is 7.52. The molecule has 0 aromatic carbocycles. The van der Waals surface area contributed by atoms with E-state index in [9.17, 15) is 18.0 Å². The molecular weight excluding hydrogens is 197 g/mol. The molecule has 1 aromatic heterocycles. The van der Waals surface area contributed by atoms with Crippen LogP contribution in [0.5, 0.6) is 0 Å². The number of hydrogen-bond acceptors (Lipinski definition) is 2. The van der Waals surface area contributed by atoms with E-state index in [-0.39, 0.29) is 5.56 Å². The van der Waals surface area contributed by atoms with Crippen molar-refractivity contribution in [1.82, 2.24) is 0 Å². The van der Waals surface area contributed by atoms with Gasteiger partial charge < -0.3 is 4.42 Å². The van der Waals surface area contributed by atoms with Crippen LogP contribution in [-0.4, -0.2) is 12.0 Å². The summed E-state index contributed by atoms with van der Waals surface area (Å²) >= 11 is 0. The average molecular weight is 206 g/mol. The Bertz CT molecular complexity index is 325. The van der Waals surface area contributed by atoms with E-state index < -0.39 is 24.8 Å². The first-order valence-electron chi connectivity index (χ1n) is 4.04. The molecule has 1 rings (SSSR count). The minimum absolute atomic E-state index is 0.231. The molecule has 0 spiro atoms. The lowest BCUT2D eigenvalue weighted by Crippen LogP contribution is -2.11. The van der Waals surface area contributed by atoms with E-state index in [1.54, 1.807) is 6.92 Å². The highest BCUT2D eigenvalue weighted by molar-refractivity contribution is 5.96. The summed E-state index contributed by atoms with van der Waals surface area (Å²) in [6.45, 7) is 1.54. The summed E-state index contributed by atoms with van der Waals surface area (Å²) < 4.78 is 40.2. The van der Waals surface area contributed by atoms with Crippen LogP contribution in [0, 0.1) is 6.92 Å². The number of alkyl halides is 3. The summed E-state index contributed by atoms with van der Waals surface area (Å²) in [6.07, 6.45) is -4.61. The molecule has 0 bridgehead atoms. The van der Waals surface area contributed by atoms with Crippen LogP contribution in [0.1, 0.15) is 29.0 Å². The molecule has 14 heavy (non-hydrogen) atoms. The van der Waals surface area contributed by atoms with Crippen molar-refractivity contribution in [3.05, 3.63) is 23.7 Å². The van der Waals surface area contributed by atoms with Gasteiger partial charge in [0.2, 0.25) is 0 Å². The fourth-order valence-corrected chi connectivity index (χ4v) is 1.06. The van der Waals surface area contributed by atoms with E-state index in [0.29, 0.717) is 5.76 Å². The first-order valence-corrected chi connectivity index (χ1v) is 4.04. The van der Waals surface area contributed by atoms with Crippen LogP contribution in [0.2, 0.25) is 0 Å². The number of ketones is 1. The van der Waals surface area contributed by atoms with Crippen LogP contribution in [0.4, 0.5) is 13.2 Å². The van der Waals surface area contributed by atoms with Gasteiger partial charge in [-0.2, -0.15) is 13.2 Å². The quantitative estimate of drug-likeness (QED) is 0.711. The minimum Gasteiger partial charge on any atom is -0.469 e. The topological polar surface area (TPSA) is 30.2 Å². The lowest BCUT2D eigenvalue weighted by molar-refractivity contribution is -0.133. The normalized spacial score (nSPS) is 11.7. The zero-order chi connectivity index (χ0) is 10.8. The maximum absolute atomic E-state index is 11.8. The number of hydrogen-bond donors (Lipinski definition) is 0. The van der Waals surface area contributed by atoms with E-state index in [4.69, 9.17) is 4.42 Å². The number of halogens is 3. The fourth-order valence-electron chi connectivity index (χ4n) is 1.06. The van der Waals surface area contributed by atoms with E-state index in [0.717, 1.165) is 0 Å². The van der Waals surface area contributed by atoms with Gasteiger partial charge in [-0.3, -0.25) is 4.79 Å². The third-order valence-electron chi connectivity index (χ3n) is 1.79. The maximum atomic E-state index is 11.8. The molecule has 1 aromatic rings. The van der Waals surface area contributed by atoms with E-state index >= 15 is 0 Å². The van der Waals surface area contributed by atoms with Gasteiger partial charge in [-0.05, 0) is 13.0 Å². The molecule has 0 saturated carbocycles. The first-order chi connectivity index (χ1) is 6.40. The van der Waals surface area contributed by atoms with Crippen molar-refractivity contribution in [2.24, 2.45) is 0 Å². The lowest BCUT2D eigenvalue weighted by Gasteiger charge is -2.04. The highest BCUT2D eigenvalue weighted by Crippen LogP contribution is 2.23. The number of carbonyl (C=O) groups excluding carboxylic acids is 1. The molecule has 5 heteroatoms. The number of furan rings is 1. The van der Waals surface area contributed by atoms with E-state index in [2.05, 4.69) is 0 Å². The summed E-state index contributed by atoms with van der Waals surface area (Å²) in [5, 5.41) is 0. The van der Waals surface area contributed by atoms with Crippen molar-refractivity contribution in [1.29, 1.82) is 0 Å². The molecule has 0 aliphatic heterocycles. The van der Waals surface area contributed by atoms with Crippen molar-refractivity contribution in [2.75, 3.05) is 0 Å². The van der Waals surface area contributed by atoms with Gasteiger partial charge in [0.15, 0.2) is 5.78 Å². The van der Waals surface area contributed by atoms with Gasteiger partial charge in [0.1, 0.15) is 5.76 Å². The molecule has 0 aliphatic carbocycles. The molecule has 0 radical (unpaired) electrons. The molecule has 0 N–H and O–H groups in total.